The molecule has 0 aromatic rings. The van der Waals surface area contributed by atoms with Crippen LogP contribution in [-0.2, 0) is 0 Å². The highest BCUT2D eigenvalue weighted by molar-refractivity contribution is 5.00. The van der Waals surface area contributed by atoms with Crippen molar-refractivity contribution in [2.24, 2.45) is 5.41 Å². The minimum atomic E-state index is -2.50. The molecule has 15 heavy (non-hydrogen) atoms. The number of halogens is 2. The van der Waals surface area contributed by atoms with E-state index in [0.717, 1.165) is 19.6 Å². The van der Waals surface area contributed by atoms with E-state index in [1.165, 1.54) is 0 Å². The molecule has 0 unspecified atom stereocenters. The van der Waals surface area contributed by atoms with Gasteiger partial charge in [-0.05, 0) is 53.0 Å². The van der Waals surface area contributed by atoms with Crippen molar-refractivity contribution in [3.8, 4) is 0 Å². The van der Waals surface area contributed by atoms with Gasteiger partial charge in [0.25, 0.3) is 5.92 Å². The number of alkyl halides is 2. The summed E-state index contributed by atoms with van der Waals surface area (Å²) in [5, 5.41) is 0. The van der Waals surface area contributed by atoms with E-state index in [9.17, 15) is 8.78 Å². The Balaban J connectivity index is 2.13. The van der Waals surface area contributed by atoms with Gasteiger partial charge in [-0.1, -0.05) is 0 Å². The Hall–Kier alpha value is -0.220. The minimum absolute atomic E-state index is 0.0588. The predicted octanol–water partition coefficient (Wildman–Crippen LogP) is 1.67. The second kappa shape index (κ2) is 3.67. The van der Waals surface area contributed by atoms with E-state index in [1.54, 1.807) is 11.9 Å². The molecule has 88 valence electrons. The Kier molecular flexibility index (Phi) is 2.75. The summed E-state index contributed by atoms with van der Waals surface area (Å²) in [5.41, 5.74) is -0.702. The van der Waals surface area contributed by atoms with Gasteiger partial charge in [0, 0.05) is 5.41 Å². The first-order valence-electron chi connectivity index (χ1n) is 5.70. The highest BCUT2D eigenvalue weighted by Crippen LogP contribution is 2.50. The largest absolute Gasteiger partial charge is 0.306 e. The first-order chi connectivity index (χ1) is 6.95. The third kappa shape index (κ3) is 1.89. The molecular formula is C11H20F2N2. The molecule has 1 spiro atoms. The monoisotopic (exact) mass is 218 g/mol. The molecule has 0 saturated carbocycles. The van der Waals surface area contributed by atoms with E-state index >= 15 is 0 Å². The molecule has 0 N–H and O–H groups in total. The lowest BCUT2D eigenvalue weighted by molar-refractivity contribution is -0.182. The third-order valence-electron chi connectivity index (χ3n) is 4.16. The van der Waals surface area contributed by atoms with E-state index in [2.05, 4.69) is 4.90 Å². The van der Waals surface area contributed by atoms with E-state index < -0.39 is 11.3 Å². The van der Waals surface area contributed by atoms with Crippen LogP contribution >= 0.6 is 0 Å². The maximum atomic E-state index is 14.1. The predicted molar refractivity (Wildman–Crippen MR) is 56.2 cm³/mol. The molecule has 2 nitrogen and oxygen atoms in total. The van der Waals surface area contributed by atoms with Crippen LogP contribution in [0.4, 0.5) is 8.78 Å². The van der Waals surface area contributed by atoms with Gasteiger partial charge in [-0.3, -0.25) is 0 Å². The summed E-state index contributed by atoms with van der Waals surface area (Å²) in [6.45, 7) is 2.40. The lowest BCUT2D eigenvalue weighted by Gasteiger charge is -2.50. The van der Waals surface area contributed by atoms with Crippen molar-refractivity contribution in [2.45, 2.75) is 25.2 Å². The van der Waals surface area contributed by atoms with Crippen molar-refractivity contribution < 1.29 is 8.78 Å². The van der Waals surface area contributed by atoms with Crippen LogP contribution in [0.15, 0.2) is 0 Å². The number of rotatable bonds is 0. The fourth-order valence-electron chi connectivity index (χ4n) is 2.84. The third-order valence-corrected chi connectivity index (χ3v) is 4.16. The molecule has 0 aromatic carbocycles. The van der Waals surface area contributed by atoms with Gasteiger partial charge in [-0.15, -0.1) is 0 Å². The molecule has 2 aliphatic heterocycles. The maximum Gasteiger partial charge on any atom is 0.266 e. The summed E-state index contributed by atoms with van der Waals surface area (Å²) in [5.74, 6) is -2.50. The summed E-state index contributed by atoms with van der Waals surface area (Å²) >= 11 is 0. The van der Waals surface area contributed by atoms with Gasteiger partial charge in [-0.2, -0.15) is 0 Å². The van der Waals surface area contributed by atoms with E-state index in [0.29, 0.717) is 19.3 Å². The molecule has 2 rings (SSSR count). The van der Waals surface area contributed by atoms with Crippen molar-refractivity contribution in [2.75, 3.05) is 40.3 Å². The number of nitrogens with zero attached hydrogens (tertiary/aromatic N) is 2. The molecule has 0 radical (unpaired) electrons. The van der Waals surface area contributed by atoms with Gasteiger partial charge in [-0.25, -0.2) is 8.78 Å². The lowest BCUT2D eigenvalue weighted by atomic mass is 9.68. The Morgan fingerprint density at radius 1 is 0.867 bits per heavy atom. The fourth-order valence-corrected chi connectivity index (χ4v) is 2.84. The van der Waals surface area contributed by atoms with Crippen molar-refractivity contribution in [1.82, 2.24) is 9.80 Å². The van der Waals surface area contributed by atoms with Crippen LogP contribution in [0, 0.1) is 5.41 Å². The average Bonchev–Trinajstić information content (AvgIpc) is 2.15. The molecule has 4 heteroatoms. The van der Waals surface area contributed by atoms with Gasteiger partial charge in [0.15, 0.2) is 0 Å². The first-order valence-corrected chi connectivity index (χ1v) is 5.70. The van der Waals surface area contributed by atoms with Crippen LogP contribution in [0.2, 0.25) is 0 Å². The SMILES string of the molecule is CN1CCC2(CC1)CCN(C)CC2(F)F. The Bertz CT molecular complexity index is 226. The van der Waals surface area contributed by atoms with Crippen molar-refractivity contribution in [3.05, 3.63) is 0 Å². The smallest absolute Gasteiger partial charge is 0.266 e. The molecule has 0 bridgehead atoms. The summed E-state index contributed by atoms with van der Waals surface area (Å²) in [6.07, 6.45) is 1.97. The number of hydrogen-bond donors (Lipinski definition) is 0. The summed E-state index contributed by atoms with van der Waals surface area (Å²) < 4.78 is 28.1. The quantitative estimate of drug-likeness (QED) is 0.610. The first kappa shape index (κ1) is 11.3. The fraction of sp³-hybridized carbons (Fsp3) is 1.00. The van der Waals surface area contributed by atoms with Gasteiger partial charge in [0.05, 0.1) is 6.54 Å². The molecule has 0 aromatic heterocycles. The molecule has 0 amide bonds. The van der Waals surface area contributed by atoms with Crippen LogP contribution in [0.1, 0.15) is 19.3 Å². The van der Waals surface area contributed by atoms with Crippen LogP contribution in [0.3, 0.4) is 0 Å². The average molecular weight is 218 g/mol. The van der Waals surface area contributed by atoms with Crippen LogP contribution < -0.4 is 0 Å². The minimum Gasteiger partial charge on any atom is -0.306 e. The van der Waals surface area contributed by atoms with Gasteiger partial charge in [0.2, 0.25) is 0 Å². The highest BCUT2D eigenvalue weighted by atomic mass is 19.3. The van der Waals surface area contributed by atoms with E-state index in [4.69, 9.17) is 0 Å². The lowest BCUT2D eigenvalue weighted by Crippen LogP contribution is -2.58. The Morgan fingerprint density at radius 2 is 1.33 bits per heavy atom. The Labute approximate surface area is 90.2 Å². The summed E-state index contributed by atoms with van der Waals surface area (Å²) in [4.78, 5) is 3.91. The molecule has 2 saturated heterocycles. The molecule has 2 fully saturated rings. The summed E-state index contributed by atoms with van der Waals surface area (Å²) in [6, 6.07) is 0. The van der Waals surface area contributed by atoms with Gasteiger partial charge in [0.1, 0.15) is 0 Å². The van der Waals surface area contributed by atoms with Gasteiger partial charge >= 0.3 is 0 Å². The van der Waals surface area contributed by atoms with E-state index in [1.807, 2.05) is 7.05 Å². The number of likely N-dealkylation sites (tertiary alicyclic amines) is 2. The zero-order valence-corrected chi connectivity index (χ0v) is 9.60. The summed E-state index contributed by atoms with van der Waals surface area (Å²) in [7, 11) is 3.80. The topological polar surface area (TPSA) is 6.48 Å². The molecule has 0 atom stereocenters. The Morgan fingerprint density at radius 3 is 1.87 bits per heavy atom. The highest BCUT2D eigenvalue weighted by Gasteiger charge is 2.56. The molecular weight excluding hydrogens is 198 g/mol. The van der Waals surface area contributed by atoms with Gasteiger partial charge < -0.3 is 9.80 Å². The molecule has 2 heterocycles. The molecule has 0 aliphatic carbocycles. The second-order valence-electron chi connectivity index (χ2n) is 5.28. The second-order valence-corrected chi connectivity index (χ2v) is 5.28. The maximum absolute atomic E-state index is 14.1. The normalized spacial score (nSPS) is 32.0. The zero-order valence-electron chi connectivity index (χ0n) is 9.60. The zero-order chi connectivity index (χ0) is 11.1. The van der Waals surface area contributed by atoms with Crippen molar-refractivity contribution >= 4 is 0 Å². The number of hydrogen-bond acceptors (Lipinski definition) is 2. The van der Waals surface area contributed by atoms with Crippen molar-refractivity contribution in [1.29, 1.82) is 0 Å². The number of piperidine rings is 2. The van der Waals surface area contributed by atoms with Crippen LogP contribution in [0.5, 0.6) is 0 Å². The standard InChI is InChI=1S/C11H20F2N2/c1-14-6-3-10(4-7-14)5-8-15(2)9-11(10,12)13/h3-9H2,1-2H3. The van der Waals surface area contributed by atoms with Crippen LogP contribution in [-0.4, -0.2) is 56.0 Å². The van der Waals surface area contributed by atoms with Crippen molar-refractivity contribution in [3.63, 3.8) is 0 Å². The van der Waals surface area contributed by atoms with Crippen LogP contribution in [0.25, 0.3) is 0 Å². The van der Waals surface area contributed by atoms with E-state index in [-0.39, 0.29) is 6.54 Å². The molecule has 2 aliphatic rings.